The van der Waals surface area contributed by atoms with Crippen LogP contribution in [-0.4, -0.2) is 11.3 Å². The third-order valence-electron chi connectivity index (χ3n) is 13.2. The summed E-state index contributed by atoms with van der Waals surface area (Å²) in [5.41, 5.74) is 20.9. The molecule has 3 heterocycles. The Labute approximate surface area is 342 Å². The Morgan fingerprint density at radius 3 is 1.83 bits per heavy atom. The highest BCUT2D eigenvalue weighted by Crippen LogP contribution is 2.49. The van der Waals surface area contributed by atoms with Crippen molar-refractivity contribution in [3.63, 3.8) is 0 Å². The van der Waals surface area contributed by atoms with Crippen LogP contribution in [0.1, 0.15) is 69.4 Å². The summed E-state index contributed by atoms with van der Waals surface area (Å²) >= 11 is 0. The van der Waals surface area contributed by atoms with Gasteiger partial charge in [0, 0.05) is 44.4 Å². The Hall–Kier alpha value is -6.06. The van der Waals surface area contributed by atoms with E-state index in [-0.39, 0.29) is 17.7 Å². The Bertz CT molecular complexity index is 3220. The molecule has 2 aliphatic rings. The Kier molecular flexibility index (Phi) is 7.26. The lowest BCUT2D eigenvalue weighted by Gasteiger charge is -2.41. The van der Waals surface area contributed by atoms with E-state index in [2.05, 4.69) is 205 Å². The molecule has 0 N–H and O–H groups in total. The smallest absolute Gasteiger partial charge is 0.333 e. The van der Waals surface area contributed by atoms with E-state index in [4.69, 9.17) is 0 Å². The number of hydrogen-bond acceptors (Lipinski definition) is 1. The van der Waals surface area contributed by atoms with Gasteiger partial charge in [-0.1, -0.05) is 126 Å². The molecule has 1 aromatic heterocycles. The molecular formula is C55H49BN2. The van der Waals surface area contributed by atoms with Gasteiger partial charge in [-0.05, 0) is 158 Å². The molecule has 0 bridgehead atoms. The minimum Gasteiger partial charge on any atom is -0.375 e. The number of aromatic nitrogens is 1. The normalized spacial score (nSPS) is 13.5. The highest BCUT2D eigenvalue weighted by atomic mass is 15.2. The predicted molar refractivity (Wildman–Crippen MR) is 252 cm³/mol. The number of aryl methyl sites for hydroxylation is 3. The van der Waals surface area contributed by atoms with E-state index in [1.54, 1.807) is 0 Å². The fraction of sp³-hybridized carbons (Fsp3) is 0.200. The van der Waals surface area contributed by atoms with Crippen molar-refractivity contribution in [3.05, 3.63) is 161 Å². The number of benzene rings is 8. The summed E-state index contributed by atoms with van der Waals surface area (Å²) in [6, 6.07) is 51.7. The number of nitrogens with zero attached hydrogens (tertiary/aromatic N) is 2. The zero-order valence-electron chi connectivity index (χ0n) is 35.2. The molecule has 0 radical (unpaired) electrons. The van der Waals surface area contributed by atoms with Gasteiger partial charge in [-0.2, -0.15) is 0 Å². The first-order valence-electron chi connectivity index (χ1n) is 21.0. The lowest BCUT2D eigenvalue weighted by Crippen LogP contribution is -2.56. The minimum absolute atomic E-state index is 0.0240. The van der Waals surface area contributed by atoms with Crippen molar-refractivity contribution in [2.45, 2.75) is 73.1 Å². The van der Waals surface area contributed by atoms with Crippen molar-refractivity contribution >= 4 is 78.2 Å². The molecule has 0 spiro atoms. The van der Waals surface area contributed by atoms with Crippen LogP contribution in [0.2, 0.25) is 0 Å². The van der Waals surface area contributed by atoms with Crippen LogP contribution in [0.3, 0.4) is 0 Å². The Morgan fingerprint density at radius 2 is 1.14 bits per heavy atom. The van der Waals surface area contributed by atoms with E-state index in [0.717, 1.165) is 0 Å². The van der Waals surface area contributed by atoms with Crippen LogP contribution in [0.25, 0.3) is 65.6 Å². The van der Waals surface area contributed by atoms with E-state index in [0.29, 0.717) is 0 Å². The van der Waals surface area contributed by atoms with E-state index < -0.39 is 0 Å². The van der Waals surface area contributed by atoms with Crippen LogP contribution >= 0.6 is 0 Å². The van der Waals surface area contributed by atoms with Gasteiger partial charge in [-0.15, -0.1) is 0 Å². The standard InChI is InChI=1S/C55H49BN2/c1-32-22-33(2)51(34(3)23-32)39-25-44-46-31-41(55(7,8)9)30-45-43-29-40(54(4,5)6)19-21-48(43)58(53(45)46)56-47-26-37-16-12-13-17-38(37)27-49(47)57(50(28-39)52(44)56)42-20-18-35-14-10-11-15-36(35)24-42/h10-31H,1-9H3. The molecule has 0 saturated heterocycles. The van der Waals surface area contributed by atoms with Gasteiger partial charge >= 0.3 is 6.85 Å². The van der Waals surface area contributed by atoms with Crippen molar-refractivity contribution in [1.82, 2.24) is 4.48 Å². The minimum atomic E-state index is -0.0396. The highest BCUT2D eigenvalue weighted by Gasteiger charge is 2.44. The maximum atomic E-state index is 2.72. The molecule has 9 aromatic rings. The van der Waals surface area contributed by atoms with Gasteiger partial charge in [0.25, 0.3) is 0 Å². The summed E-state index contributed by atoms with van der Waals surface area (Å²) < 4.78 is 2.72. The fourth-order valence-corrected chi connectivity index (χ4v) is 10.5. The summed E-state index contributed by atoms with van der Waals surface area (Å²) in [6.45, 7) is 20.8. The lowest BCUT2D eigenvalue weighted by molar-refractivity contribution is 0.590. The van der Waals surface area contributed by atoms with Crippen molar-refractivity contribution in [2.75, 3.05) is 4.90 Å². The maximum absolute atomic E-state index is 2.72. The summed E-state index contributed by atoms with van der Waals surface area (Å²) in [6.07, 6.45) is 0. The zero-order chi connectivity index (χ0) is 40.0. The summed E-state index contributed by atoms with van der Waals surface area (Å²) in [5, 5.41) is 7.70. The van der Waals surface area contributed by atoms with E-state index in [1.165, 1.54) is 121 Å². The van der Waals surface area contributed by atoms with Crippen LogP contribution in [0.15, 0.2) is 133 Å². The van der Waals surface area contributed by atoms with Crippen LogP contribution in [-0.2, 0) is 10.8 Å². The Balaban J connectivity index is 1.35. The van der Waals surface area contributed by atoms with E-state index >= 15 is 0 Å². The second-order valence-electron chi connectivity index (χ2n) is 19.3. The first-order chi connectivity index (χ1) is 27.7. The fourth-order valence-electron chi connectivity index (χ4n) is 10.5. The van der Waals surface area contributed by atoms with Crippen molar-refractivity contribution in [1.29, 1.82) is 0 Å². The SMILES string of the molecule is Cc1cc(C)c(-c2cc3c4c(c2)N(c2ccc5ccccc5c2)c2cc5ccccc5cc2B4n2c4ccc(C(C)(C)C)cc4c4cc(C(C)(C)C)cc-3c42)c(C)c1. The van der Waals surface area contributed by atoms with Gasteiger partial charge in [0.2, 0.25) is 0 Å². The van der Waals surface area contributed by atoms with Crippen molar-refractivity contribution < 1.29 is 0 Å². The van der Waals surface area contributed by atoms with Crippen LogP contribution in [0, 0.1) is 20.8 Å². The van der Waals surface area contributed by atoms with Crippen LogP contribution < -0.4 is 15.8 Å². The zero-order valence-corrected chi connectivity index (χ0v) is 35.2. The molecule has 0 amide bonds. The molecule has 8 aromatic carbocycles. The van der Waals surface area contributed by atoms with Gasteiger partial charge in [-0.25, -0.2) is 0 Å². The van der Waals surface area contributed by atoms with Gasteiger partial charge < -0.3 is 9.38 Å². The Morgan fingerprint density at radius 1 is 0.500 bits per heavy atom. The molecule has 282 valence electrons. The van der Waals surface area contributed by atoms with Crippen molar-refractivity contribution in [2.24, 2.45) is 0 Å². The lowest BCUT2D eigenvalue weighted by atomic mass is 9.44. The summed E-state index contributed by atoms with van der Waals surface area (Å²) in [7, 11) is 0. The van der Waals surface area contributed by atoms with E-state index in [1.807, 2.05) is 0 Å². The topological polar surface area (TPSA) is 8.17 Å². The molecule has 2 aliphatic heterocycles. The molecule has 11 rings (SSSR count). The molecule has 0 saturated carbocycles. The molecular weight excluding hydrogens is 699 g/mol. The molecule has 0 aliphatic carbocycles. The number of hydrogen-bond donors (Lipinski definition) is 0. The molecule has 0 fully saturated rings. The monoisotopic (exact) mass is 748 g/mol. The molecule has 58 heavy (non-hydrogen) atoms. The summed E-state index contributed by atoms with van der Waals surface area (Å²) in [4.78, 5) is 2.59. The average Bonchev–Trinajstić information content (AvgIpc) is 3.51. The van der Waals surface area contributed by atoms with Crippen LogP contribution in [0.4, 0.5) is 17.1 Å². The van der Waals surface area contributed by atoms with Gasteiger partial charge in [0.15, 0.2) is 0 Å². The van der Waals surface area contributed by atoms with Gasteiger partial charge in [0.1, 0.15) is 0 Å². The first kappa shape index (κ1) is 35.1. The number of fused-ring (bicyclic) bond motifs is 9. The van der Waals surface area contributed by atoms with E-state index in [9.17, 15) is 0 Å². The third-order valence-corrected chi connectivity index (χ3v) is 13.2. The molecule has 0 unspecified atom stereocenters. The second-order valence-corrected chi connectivity index (χ2v) is 19.3. The highest BCUT2D eigenvalue weighted by molar-refractivity contribution is 6.90. The first-order valence-corrected chi connectivity index (χ1v) is 21.0. The second kappa shape index (κ2) is 12.0. The van der Waals surface area contributed by atoms with Gasteiger partial charge in [0.05, 0.1) is 0 Å². The van der Waals surface area contributed by atoms with Crippen molar-refractivity contribution in [3.8, 4) is 22.3 Å². The molecule has 2 nitrogen and oxygen atoms in total. The number of rotatable bonds is 2. The van der Waals surface area contributed by atoms with Crippen LogP contribution in [0.5, 0.6) is 0 Å². The van der Waals surface area contributed by atoms with Gasteiger partial charge in [-0.3, -0.25) is 0 Å². The summed E-state index contributed by atoms with van der Waals surface area (Å²) in [5.74, 6) is 0. The molecule has 3 heteroatoms. The third kappa shape index (κ3) is 5.05. The predicted octanol–water partition coefficient (Wildman–Crippen LogP) is 13.7. The average molecular weight is 749 g/mol. The molecule has 0 atom stereocenters. The largest absolute Gasteiger partial charge is 0.375 e. The quantitative estimate of drug-likeness (QED) is 0.160. The maximum Gasteiger partial charge on any atom is 0.333 e. The number of anilines is 3.